The molecule has 0 bridgehead atoms. The van der Waals surface area contributed by atoms with Crippen LogP contribution in [0, 0.1) is 0 Å². The molecule has 2 aromatic rings. The van der Waals surface area contributed by atoms with E-state index in [4.69, 9.17) is 5.73 Å². The van der Waals surface area contributed by atoms with Gasteiger partial charge in [-0.15, -0.1) is 0 Å². The summed E-state index contributed by atoms with van der Waals surface area (Å²) in [6.07, 6.45) is 2.07. The van der Waals surface area contributed by atoms with Crippen molar-refractivity contribution in [3.63, 3.8) is 0 Å². The monoisotopic (exact) mass is 417 g/mol. The van der Waals surface area contributed by atoms with Gasteiger partial charge < -0.3 is 10.5 Å². The molecule has 1 aliphatic heterocycles. The van der Waals surface area contributed by atoms with Gasteiger partial charge in [0.1, 0.15) is 5.75 Å². The number of amides is 1. The van der Waals surface area contributed by atoms with E-state index >= 15 is 0 Å². The lowest BCUT2D eigenvalue weighted by atomic mass is 9.81. The summed E-state index contributed by atoms with van der Waals surface area (Å²) >= 11 is 0. The van der Waals surface area contributed by atoms with Gasteiger partial charge in [-0.05, 0) is 53.8 Å². The van der Waals surface area contributed by atoms with Crippen LogP contribution in [0.5, 0.6) is 5.75 Å². The van der Waals surface area contributed by atoms with Gasteiger partial charge in [-0.25, -0.2) is 4.99 Å². The topological polar surface area (TPSA) is 67.9 Å². The second kappa shape index (κ2) is 8.61. The third-order valence-corrected chi connectivity index (χ3v) is 5.03. The van der Waals surface area contributed by atoms with Crippen molar-refractivity contribution in [2.45, 2.75) is 25.5 Å². The number of allylic oxidation sites excluding steroid dienone is 2. The number of nitrogens with zero attached hydrogens (tertiary/aromatic N) is 2. The summed E-state index contributed by atoms with van der Waals surface area (Å²) in [7, 11) is 1.52. The number of aliphatic imine (C=N–C) groups is 1. The van der Waals surface area contributed by atoms with Gasteiger partial charge in [-0.2, -0.15) is 8.78 Å². The maximum atomic E-state index is 13.3. The summed E-state index contributed by atoms with van der Waals surface area (Å²) in [6.45, 7) is -1.55. The summed E-state index contributed by atoms with van der Waals surface area (Å²) in [5, 5.41) is 0. The van der Waals surface area contributed by atoms with Crippen LogP contribution in [0.4, 0.5) is 13.2 Å². The maximum Gasteiger partial charge on any atom is 0.387 e. The number of guanidine groups is 1. The minimum Gasteiger partial charge on any atom is -0.435 e. The molecule has 1 aliphatic rings. The molecule has 1 heterocycles. The number of rotatable bonds is 7. The zero-order valence-electron chi connectivity index (χ0n) is 16.6. The van der Waals surface area contributed by atoms with Crippen LogP contribution >= 0.6 is 0 Å². The predicted octanol–water partition coefficient (Wildman–Crippen LogP) is 4.08. The first kappa shape index (κ1) is 21.4. The molecule has 0 aromatic heterocycles. The van der Waals surface area contributed by atoms with E-state index in [1.54, 1.807) is 18.2 Å². The molecule has 1 unspecified atom stereocenters. The van der Waals surface area contributed by atoms with Crippen molar-refractivity contribution in [3.05, 3.63) is 71.3 Å². The molecule has 30 heavy (non-hydrogen) atoms. The van der Waals surface area contributed by atoms with Gasteiger partial charge in [-0.1, -0.05) is 36.4 Å². The fourth-order valence-corrected chi connectivity index (χ4v) is 3.44. The van der Waals surface area contributed by atoms with E-state index in [-0.39, 0.29) is 17.6 Å². The number of halogens is 3. The van der Waals surface area contributed by atoms with E-state index in [1.807, 2.05) is 19.1 Å². The Morgan fingerprint density at radius 2 is 1.93 bits per heavy atom. The van der Waals surface area contributed by atoms with Crippen LogP contribution in [0.15, 0.2) is 59.6 Å². The highest BCUT2D eigenvalue weighted by molar-refractivity contribution is 6.09. The highest BCUT2D eigenvalue weighted by Gasteiger charge is 2.49. The first-order valence-electron chi connectivity index (χ1n) is 9.32. The van der Waals surface area contributed by atoms with Crippen LogP contribution in [0.25, 0.3) is 5.57 Å². The highest BCUT2D eigenvalue weighted by atomic mass is 19.3. The van der Waals surface area contributed by atoms with Crippen LogP contribution in [0.2, 0.25) is 0 Å². The molecule has 0 radical (unpaired) electrons. The van der Waals surface area contributed by atoms with E-state index < -0.39 is 18.8 Å². The zero-order valence-corrected chi connectivity index (χ0v) is 16.6. The SMILES string of the molecule is CC(=CCCF)c1cccc(C2(c3ccc(OC(F)F)cc3)N=C(N)N(C)C2=O)c1. The smallest absolute Gasteiger partial charge is 0.387 e. The quantitative estimate of drug-likeness (QED) is 0.738. The van der Waals surface area contributed by atoms with Crippen LogP contribution in [-0.2, 0) is 10.3 Å². The van der Waals surface area contributed by atoms with Gasteiger partial charge in [0.2, 0.25) is 0 Å². The Labute approximate surface area is 172 Å². The van der Waals surface area contributed by atoms with E-state index in [1.165, 1.54) is 36.2 Å². The van der Waals surface area contributed by atoms with Crippen molar-refractivity contribution in [2.24, 2.45) is 10.7 Å². The Kier molecular flexibility index (Phi) is 6.14. The van der Waals surface area contributed by atoms with Gasteiger partial charge >= 0.3 is 6.61 Å². The summed E-state index contributed by atoms with van der Waals surface area (Å²) in [5.74, 6) is -0.355. The molecule has 2 N–H and O–H groups in total. The third-order valence-electron chi connectivity index (χ3n) is 5.03. The molecule has 0 spiro atoms. The van der Waals surface area contributed by atoms with Crippen LogP contribution in [-0.4, -0.2) is 37.1 Å². The van der Waals surface area contributed by atoms with Crippen LogP contribution in [0.1, 0.15) is 30.0 Å². The zero-order chi connectivity index (χ0) is 21.9. The molecule has 1 amide bonds. The van der Waals surface area contributed by atoms with E-state index in [9.17, 15) is 18.0 Å². The molecule has 8 heteroatoms. The number of hydrogen-bond acceptors (Lipinski definition) is 4. The van der Waals surface area contributed by atoms with E-state index in [0.717, 1.165) is 11.1 Å². The lowest BCUT2D eigenvalue weighted by Crippen LogP contribution is -2.41. The molecule has 2 aromatic carbocycles. The average molecular weight is 417 g/mol. The number of benzene rings is 2. The lowest BCUT2D eigenvalue weighted by Gasteiger charge is -2.26. The summed E-state index contributed by atoms with van der Waals surface area (Å²) < 4.78 is 41.9. The molecular formula is C22H22F3N3O2. The highest BCUT2D eigenvalue weighted by Crippen LogP contribution is 2.40. The molecule has 3 rings (SSSR count). The van der Waals surface area contributed by atoms with Gasteiger partial charge in [-0.3, -0.25) is 14.1 Å². The average Bonchev–Trinajstić information content (AvgIpc) is 2.97. The molecule has 0 saturated carbocycles. The van der Waals surface area contributed by atoms with Crippen molar-refractivity contribution in [1.29, 1.82) is 0 Å². The first-order valence-corrected chi connectivity index (χ1v) is 9.32. The van der Waals surface area contributed by atoms with Gasteiger partial charge in [0.15, 0.2) is 11.5 Å². The van der Waals surface area contributed by atoms with Crippen molar-refractivity contribution >= 4 is 17.4 Å². The number of carbonyl (C=O) groups excluding carboxylic acids is 1. The largest absolute Gasteiger partial charge is 0.435 e. The van der Waals surface area contributed by atoms with Crippen molar-refractivity contribution in [3.8, 4) is 5.75 Å². The Morgan fingerprint density at radius 1 is 1.23 bits per heavy atom. The number of alkyl halides is 3. The number of nitrogens with two attached hydrogens (primary N) is 1. The Morgan fingerprint density at radius 3 is 2.50 bits per heavy atom. The standard InChI is InChI=1S/C22H22F3N3O2/c1-14(5-4-12-23)15-6-3-7-17(13-15)22(19(29)28(2)21(26)27-22)16-8-10-18(11-9-16)30-20(24)25/h3,5-11,13,20H,4,12H2,1-2H3,(H2,26,27). The minimum absolute atomic E-state index is 0.0293. The minimum atomic E-state index is -2.95. The predicted molar refractivity (Wildman–Crippen MR) is 109 cm³/mol. The number of carbonyl (C=O) groups is 1. The van der Waals surface area contributed by atoms with Gasteiger partial charge in [0.25, 0.3) is 5.91 Å². The summed E-state index contributed by atoms with van der Waals surface area (Å²) in [5.41, 5.74) is 7.20. The Hall–Kier alpha value is -3.29. The fourth-order valence-electron chi connectivity index (χ4n) is 3.44. The molecule has 0 aliphatic carbocycles. The second-order valence-corrected chi connectivity index (χ2v) is 6.89. The lowest BCUT2D eigenvalue weighted by molar-refractivity contribution is -0.129. The van der Waals surface area contributed by atoms with Gasteiger partial charge in [0.05, 0.1) is 6.67 Å². The molecule has 0 fully saturated rings. The Bertz CT molecular complexity index is 989. The third kappa shape index (κ3) is 3.90. The number of likely N-dealkylation sites (N-methyl/N-ethyl adjacent to an activating group) is 1. The molecule has 158 valence electrons. The van der Waals surface area contributed by atoms with Crippen molar-refractivity contribution in [1.82, 2.24) is 4.90 Å². The molecule has 5 nitrogen and oxygen atoms in total. The van der Waals surface area contributed by atoms with Crippen LogP contribution in [0.3, 0.4) is 0 Å². The molecular weight excluding hydrogens is 395 g/mol. The molecule has 0 saturated heterocycles. The fraction of sp³-hybridized carbons (Fsp3) is 0.273. The first-order chi connectivity index (χ1) is 14.3. The van der Waals surface area contributed by atoms with Gasteiger partial charge in [0, 0.05) is 7.05 Å². The number of ether oxygens (including phenoxy) is 1. The van der Waals surface area contributed by atoms with Crippen LogP contribution < -0.4 is 10.5 Å². The Balaban J connectivity index is 2.13. The summed E-state index contributed by atoms with van der Waals surface area (Å²) in [4.78, 5) is 19.0. The van der Waals surface area contributed by atoms with Crippen molar-refractivity contribution < 1.29 is 22.7 Å². The van der Waals surface area contributed by atoms with Crippen molar-refractivity contribution in [2.75, 3.05) is 13.7 Å². The summed E-state index contributed by atoms with van der Waals surface area (Å²) in [6, 6.07) is 13.0. The van der Waals surface area contributed by atoms with E-state index in [2.05, 4.69) is 9.73 Å². The number of hydrogen-bond donors (Lipinski definition) is 1. The normalized spacial score (nSPS) is 19.4. The maximum absolute atomic E-state index is 13.3. The molecule has 1 atom stereocenters. The second-order valence-electron chi connectivity index (χ2n) is 6.89. The van der Waals surface area contributed by atoms with E-state index in [0.29, 0.717) is 17.5 Å².